The van der Waals surface area contributed by atoms with Gasteiger partial charge in [-0.05, 0) is 32.9 Å². The number of rotatable bonds is 4. The molecule has 0 saturated heterocycles. The molecule has 1 heterocycles. The van der Waals surface area contributed by atoms with Crippen molar-refractivity contribution in [2.24, 2.45) is 0 Å². The van der Waals surface area contributed by atoms with Crippen LogP contribution in [0, 0.1) is 5.82 Å². The Balaban J connectivity index is 2.57. The number of likely N-dealkylation sites (N-methyl/N-ethyl adjacent to an activating group) is 1. The summed E-state index contributed by atoms with van der Waals surface area (Å²) in [6.45, 7) is 6.36. The number of halogens is 2. The molecule has 2 N–H and O–H groups in total. The molecule has 0 radical (unpaired) electrons. The summed E-state index contributed by atoms with van der Waals surface area (Å²) in [5.41, 5.74) is 0.786. The van der Waals surface area contributed by atoms with Crippen LogP contribution in [0.3, 0.4) is 0 Å². The molecule has 0 unspecified atom stereocenters. The van der Waals surface area contributed by atoms with Crippen molar-refractivity contribution < 1.29 is 14.0 Å². The molecule has 1 aromatic carbocycles. The van der Waals surface area contributed by atoms with Gasteiger partial charge in [-0.2, -0.15) is 0 Å². The first kappa shape index (κ1) is 17.3. The van der Waals surface area contributed by atoms with Gasteiger partial charge in [0.1, 0.15) is 5.82 Å². The van der Waals surface area contributed by atoms with Gasteiger partial charge < -0.3 is 15.5 Å². The summed E-state index contributed by atoms with van der Waals surface area (Å²) in [5, 5.41) is 5.33. The largest absolute Gasteiger partial charge is 0.339 e. The van der Waals surface area contributed by atoms with Gasteiger partial charge in [-0.1, -0.05) is 17.7 Å². The fourth-order valence-corrected chi connectivity index (χ4v) is 2.93. The summed E-state index contributed by atoms with van der Waals surface area (Å²) in [7, 11) is 0. The third kappa shape index (κ3) is 3.32. The van der Waals surface area contributed by atoms with E-state index in [1.54, 1.807) is 11.8 Å². The maximum atomic E-state index is 14.3. The number of allylic oxidation sites excluding steroid dienone is 1. The van der Waals surface area contributed by atoms with Gasteiger partial charge in [-0.25, -0.2) is 9.18 Å². The normalized spacial score (nSPS) is 17.6. The van der Waals surface area contributed by atoms with E-state index in [0.717, 1.165) is 0 Å². The van der Waals surface area contributed by atoms with Gasteiger partial charge in [0.15, 0.2) is 0 Å². The van der Waals surface area contributed by atoms with Gasteiger partial charge in [0.05, 0.1) is 11.6 Å². The number of carbonyl (C=O) groups excluding carboxylic acids is 2. The smallest absolute Gasteiger partial charge is 0.319 e. The van der Waals surface area contributed by atoms with Crippen LogP contribution < -0.4 is 10.6 Å². The lowest BCUT2D eigenvalue weighted by atomic mass is 9.94. The van der Waals surface area contributed by atoms with Crippen LogP contribution in [0.4, 0.5) is 9.18 Å². The first-order valence-electron chi connectivity index (χ1n) is 7.42. The number of carbonyl (C=O) groups is 2. The van der Waals surface area contributed by atoms with E-state index in [4.69, 9.17) is 11.6 Å². The highest BCUT2D eigenvalue weighted by atomic mass is 35.5. The Morgan fingerprint density at radius 1 is 1.35 bits per heavy atom. The number of urea groups is 1. The highest BCUT2D eigenvalue weighted by Gasteiger charge is 2.35. The molecule has 124 valence electrons. The SMILES string of the molecule is CCN(CC)C(=O)C1=C(C)NC(=O)N[C@@H]1c1c(F)cccc1Cl. The van der Waals surface area contributed by atoms with E-state index in [9.17, 15) is 14.0 Å². The first-order chi connectivity index (χ1) is 10.9. The summed E-state index contributed by atoms with van der Waals surface area (Å²) in [5.74, 6) is -0.827. The highest BCUT2D eigenvalue weighted by molar-refractivity contribution is 6.31. The third-order valence-electron chi connectivity index (χ3n) is 3.84. The molecule has 1 aliphatic rings. The molecular formula is C16H19ClFN3O2. The number of benzene rings is 1. The highest BCUT2D eigenvalue weighted by Crippen LogP contribution is 2.34. The second-order valence-corrected chi connectivity index (χ2v) is 5.59. The van der Waals surface area contributed by atoms with E-state index in [-0.39, 0.29) is 16.5 Å². The molecule has 3 amide bonds. The van der Waals surface area contributed by atoms with Crippen LogP contribution in [0.2, 0.25) is 5.02 Å². The van der Waals surface area contributed by atoms with Crippen LogP contribution in [-0.4, -0.2) is 29.9 Å². The molecule has 7 heteroatoms. The van der Waals surface area contributed by atoms with Gasteiger partial charge in [0.25, 0.3) is 5.91 Å². The molecule has 0 aromatic heterocycles. The lowest BCUT2D eigenvalue weighted by Crippen LogP contribution is -2.48. The minimum Gasteiger partial charge on any atom is -0.339 e. The maximum absolute atomic E-state index is 14.3. The van der Waals surface area contributed by atoms with E-state index in [1.807, 2.05) is 13.8 Å². The third-order valence-corrected chi connectivity index (χ3v) is 4.17. The summed E-state index contributed by atoms with van der Waals surface area (Å²) < 4.78 is 14.3. The van der Waals surface area contributed by atoms with Gasteiger partial charge in [-0.15, -0.1) is 0 Å². The molecule has 2 rings (SSSR count). The Morgan fingerprint density at radius 2 is 2.00 bits per heavy atom. The number of nitrogens with one attached hydrogen (secondary N) is 2. The Hall–Kier alpha value is -2.08. The van der Waals surface area contributed by atoms with Crippen LogP contribution >= 0.6 is 11.6 Å². The van der Waals surface area contributed by atoms with Crippen LogP contribution in [0.15, 0.2) is 29.5 Å². The van der Waals surface area contributed by atoms with Gasteiger partial charge in [-0.3, -0.25) is 4.79 Å². The Kier molecular flexibility index (Phi) is 5.26. The molecule has 23 heavy (non-hydrogen) atoms. The number of hydrogen-bond acceptors (Lipinski definition) is 2. The quantitative estimate of drug-likeness (QED) is 0.886. The van der Waals surface area contributed by atoms with Gasteiger partial charge in [0.2, 0.25) is 0 Å². The first-order valence-corrected chi connectivity index (χ1v) is 7.79. The fraction of sp³-hybridized carbons (Fsp3) is 0.375. The van der Waals surface area contributed by atoms with E-state index in [1.165, 1.54) is 18.2 Å². The molecule has 1 aromatic rings. The average molecular weight is 340 g/mol. The molecule has 0 spiro atoms. The summed E-state index contributed by atoms with van der Waals surface area (Å²) in [6, 6.07) is 2.84. The molecule has 0 fully saturated rings. The van der Waals surface area contributed by atoms with E-state index in [0.29, 0.717) is 24.4 Å². The van der Waals surface area contributed by atoms with Crippen LogP contribution in [0.5, 0.6) is 0 Å². The molecular weight excluding hydrogens is 321 g/mol. The number of hydrogen-bond donors (Lipinski definition) is 2. The zero-order valence-corrected chi connectivity index (χ0v) is 14.0. The lowest BCUT2D eigenvalue weighted by Gasteiger charge is -2.32. The molecule has 5 nitrogen and oxygen atoms in total. The molecule has 0 saturated carbocycles. The summed E-state index contributed by atoms with van der Waals surface area (Å²) in [6.07, 6.45) is 0. The minimum atomic E-state index is -0.925. The molecule has 1 atom stereocenters. The van der Waals surface area contributed by atoms with Crippen molar-refractivity contribution in [3.8, 4) is 0 Å². The Bertz CT molecular complexity index is 651. The zero-order chi connectivity index (χ0) is 17.1. The van der Waals surface area contributed by atoms with E-state index in [2.05, 4.69) is 10.6 Å². The van der Waals surface area contributed by atoms with Crippen molar-refractivity contribution in [2.75, 3.05) is 13.1 Å². The van der Waals surface area contributed by atoms with Crippen molar-refractivity contribution in [3.05, 3.63) is 45.9 Å². The molecule has 0 aliphatic carbocycles. The number of amides is 3. The Morgan fingerprint density at radius 3 is 2.57 bits per heavy atom. The fourth-order valence-electron chi connectivity index (χ4n) is 2.66. The van der Waals surface area contributed by atoms with Crippen molar-refractivity contribution >= 4 is 23.5 Å². The number of nitrogens with zero attached hydrogens (tertiary/aromatic N) is 1. The van der Waals surface area contributed by atoms with E-state index < -0.39 is 17.9 Å². The van der Waals surface area contributed by atoms with Crippen molar-refractivity contribution in [2.45, 2.75) is 26.8 Å². The summed E-state index contributed by atoms with van der Waals surface area (Å²) in [4.78, 5) is 26.2. The zero-order valence-electron chi connectivity index (χ0n) is 13.2. The molecule has 1 aliphatic heterocycles. The Labute approximate surface area is 139 Å². The maximum Gasteiger partial charge on any atom is 0.319 e. The minimum absolute atomic E-state index is 0.0962. The van der Waals surface area contributed by atoms with Crippen molar-refractivity contribution in [1.82, 2.24) is 15.5 Å². The van der Waals surface area contributed by atoms with Crippen LogP contribution in [0.1, 0.15) is 32.4 Å². The standard InChI is InChI=1S/C16H19ClFN3O2/c1-4-21(5-2)15(22)12-9(3)19-16(23)20-14(12)13-10(17)7-6-8-11(13)18/h6-8,14H,4-5H2,1-3H3,(H2,19,20,23)/t14-/m0/s1. The molecule has 0 bridgehead atoms. The monoisotopic (exact) mass is 339 g/mol. The van der Waals surface area contributed by atoms with Crippen LogP contribution in [-0.2, 0) is 4.79 Å². The van der Waals surface area contributed by atoms with Crippen molar-refractivity contribution in [1.29, 1.82) is 0 Å². The van der Waals surface area contributed by atoms with E-state index >= 15 is 0 Å². The van der Waals surface area contributed by atoms with Gasteiger partial charge in [0, 0.05) is 29.4 Å². The van der Waals surface area contributed by atoms with Crippen LogP contribution in [0.25, 0.3) is 0 Å². The topological polar surface area (TPSA) is 61.4 Å². The average Bonchev–Trinajstić information content (AvgIpc) is 2.47. The van der Waals surface area contributed by atoms with Gasteiger partial charge >= 0.3 is 6.03 Å². The predicted octanol–water partition coefficient (Wildman–Crippen LogP) is 2.98. The second-order valence-electron chi connectivity index (χ2n) is 5.18. The lowest BCUT2D eigenvalue weighted by molar-refractivity contribution is -0.127. The van der Waals surface area contributed by atoms with Crippen molar-refractivity contribution in [3.63, 3.8) is 0 Å². The summed E-state index contributed by atoms with van der Waals surface area (Å²) >= 11 is 6.12. The predicted molar refractivity (Wildman–Crippen MR) is 86.4 cm³/mol. The second kappa shape index (κ2) is 7.00.